The predicted octanol–water partition coefficient (Wildman–Crippen LogP) is 2.30. The monoisotopic (exact) mass is 359 g/mol. The van der Waals surface area contributed by atoms with Crippen LogP contribution in [0.5, 0.6) is 0 Å². The lowest BCUT2D eigenvalue weighted by Crippen LogP contribution is -2.50. The lowest BCUT2D eigenvalue weighted by molar-refractivity contribution is -0.143. The van der Waals surface area contributed by atoms with Gasteiger partial charge in [0.05, 0.1) is 5.92 Å². The Bertz CT molecular complexity index is 660. The summed E-state index contributed by atoms with van der Waals surface area (Å²) in [5.41, 5.74) is 0.708. The topological polar surface area (TPSA) is 98.7 Å². The number of para-hydroxylation sites is 1. The SMILES string of the molecule is O=C(NC(CC1CC1)C(=O)O)C1CCCN(C(=O)Nc2ccccc2)C1. The molecule has 26 heavy (non-hydrogen) atoms. The molecule has 2 atom stereocenters. The van der Waals surface area contributed by atoms with Crippen molar-refractivity contribution < 1.29 is 19.5 Å². The number of carboxylic acids is 1. The van der Waals surface area contributed by atoms with E-state index in [1.807, 2.05) is 18.2 Å². The Morgan fingerprint density at radius 2 is 1.88 bits per heavy atom. The number of likely N-dealkylation sites (tertiary alicyclic amines) is 1. The number of piperidine rings is 1. The van der Waals surface area contributed by atoms with Crippen LogP contribution in [0.25, 0.3) is 0 Å². The van der Waals surface area contributed by atoms with Crippen molar-refractivity contribution in [3.05, 3.63) is 30.3 Å². The van der Waals surface area contributed by atoms with Crippen molar-refractivity contribution in [1.82, 2.24) is 10.2 Å². The van der Waals surface area contributed by atoms with Gasteiger partial charge in [-0.2, -0.15) is 0 Å². The average molecular weight is 359 g/mol. The quantitative estimate of drug-likeness (QED) is 0.726. The van der Waals surface area contributed by atoms with E-state index in [0.717, 1.165) is 19.3 Å². The Kier molecular flexibility index (Phi) is 5.75. The van der Waals surface area contributed by atoms with Gasteiger partial charge in [0.25, 0.3) is 0 Å². The lowest BCUT2D eigenvalue weighted by atomic mass is 9.96. The fourth-order valence-corrected chi connectivity index (χ4v) is 3.30. The van der Waals surface area contributed by atoms with Gasteiger partial charge in [-0.25, -0.2) is 9.59 Å². The number of carbonyl (C=O) groups excluding carboxylic acids is 2. The van der Waals surface area contributed by atoms with Crippen molar-refractivity contribution in [2.75, 3.05) is 18.4 Å². The number of nitrogens with one attached hydrogen (secondary N) is 2. The molecule has 1 aliphatic heterocycles. The molecule has 1 heterocycles. The van der Waals surface area contributed by atoms with Gasteiger partial charge in [0.15, 0.2) is 0 Å². The molecule has 7 heteroatoms. The standard InChI is InChI=1S/C19H25N3O4/c23-17(21-16(18(24)25)11-13-8-9-13)14-5-4-10-22(12-14)19(26)20-15-6-2-1-3-7-15/h1-3,6-7,13-14,16H,4-5,8-12H2,(H,20,26)(H,21,23)(H,24,25). The number of nitrogens with zero attached hydrogens (tertiary/aromatic N) is 1. The third-order valence-electron chi connectivity index (χ3n) is 4.98. The Morgan fingerprint density at radius 3 is 2.54 bits per heavy atom. The molecule has 3 amide bonds. The molecule has 0 bridgehead atoms. The molecule has 2 unspecified atom stereocenters. The van der Waals surface area contributed by atoms with Gasteiger partial charge in [0, 0.05) is 18.8 Å². The number of carbonyl (C=O) groups is 3. The first kappa shape index (κ1) is 18.2. The molecular weight excluding hydrogens is 334 g/mol. The van der Waals surface area contributed by atoms with E-state index in [1.165, 1.54) is 0 Å². The van der Waals surface area contributed by atoms with Crippen LogP contribution in [0.2, 0.25) is 0 Å². The smallest absolute Gasteiger partial charge is 0.326 e. The minimum atomic E-state index is -0.986. The number of anilines is 1. The largest absolute Gasteiger partial charge is 0.480 e. The minimum absolute atomic E-state index is 0.235. The molecule has 0 aromatic heterocycles. The highest BCUT2D eigenvalue weighted by atomic mass is 16.4. The van der Waals surface area contributed by atoms with Crippen LogP contribution < -0.4 is 10.6 Å². The van der Waals surface area contributed by atoms with E-state index in [0.29, 0.717) is 37.5 Å². The highest BCUT2D eigenvalue weighted by Gasteiger charge is 2.34. The second kappa shape index (κ2) is 8.21. The van der Waals surface area contributed by atoms with E-state index < -0.39 is 12.0 Å². The summed E-state index contributed by atoms with van der Waals surface area (Å²) in [5.74, 6) is -1.21. The van der Waals surface area contributed by atoms with Crippen LogP contribution in [-0.4, -0.2) is 47.0 Å². The Labute approximate surface area is 152 Å². The van der Waals surface area contributed by atoms with E-state index in [-0.39, 0.29) is 17.9 Å². The number of urea groups is 1. The third-order valence-corrected chi connectivity index (χ3v) is 4.98. The summed E-state index contributed by atoms with van der Waals surface area (Å²) in [6, 6.07) is 8.10. The summed E-state index contributed by atoms with van der Waals surface area (Å²) in [5, 5.41) is 14.8. The van der Waals surface area contributed by atoms with Crippen LogP contribution in [0.1, 0.15) is 32.1 Å². The molecule has 3 N–H and O–H groups in total. The van der Waals surface area contributed by atoms with Crippen molar-refractivity contribution in [1.29, 1.82) is 0 Å². The number of rotatable bonds is 6. The van der Waals surface area contributed by atoms with Crippen LogP contribution in [0.15, 0.2) is 30.3 Å². The van der Waals surface area contributed by atoms with E-state index in [2.05, 4.69) is 10.6 Å². The van der Waals surface area contributed by atoms with E-state index in [1.54, 1.807) is 17.0 Å². The first-order valence-corrected chi connectivity index (χ1v) is 9.17. The fraction of sp³-hybridized carbons (Fsp3) is 0.526. The predicted molar refractivity (Wildman–Crippen MR) is 96.7 cm³/mol. The maximum absolute atomic E-state index is 12.5. The molecule has 0 radical (unpaired) electrons. The number of aliphatic carboxylic acids is 1. The highest BCUT2D eigenvalue weighted by Crippen LogP contribution is 2.33. The van der Waals surface area contributed by atoms with Gasteiger partial charge in [-0.3, -0.25) is 4.79 Å². The molecule has 7 nitrogen and oxygen atoms in total. The fourth-order valence-electron chi connectivity index (χ4n) is 3.30. The molecule has 0 spiro atoms. The molecule has 1 aromatic rings. The third kappa shape index (κ3) is 4.97. The zero-order valence-electron chi connectivity index (χ0n) is 14.7. The first-order chi connectivity index (χ1) is 12.5. The molecule has 1 aromatic carbocycles. The Balaban J connectivity index is 1.54. The Morgan fingerprint density at radius 1 is 1.15 bits per heavy atom. The summed E-state index contributed by atoms with van der Waals surface area (Å²) in [4.78, 5) is 37.9. The van der Waals surface area contributed by atoms with Crippen LogP contribution >= 0.6 is 0 Å². The second-order valence-corrected chi connectivity index (χ2v) is 7.16. The molecule has 1 aliphatic carbocycles. The zero-order valence-corrected chi connectivity index (χ0v) is 14.7. The summed E-state index contributed by atoms with van der Waals surface area (Å²) < 4.78 is 0. The van der Waals surface area contributed by atoms with Gasteiger partial charge in [-0.05, 0) is 37.3 Å². The highest BCUT2D eigenvalue weighted by molar-refractivity contribution is 5.90. The van der Waals surface area contributed by atoms with Gasteiger partial charge >= 0.3 is 12.0 Å². The van der Waals surface area contributed by atoms with Crippen molar-refractivity contribution in [2.45, 2.75) is 38.1 Å². The molecule has 1 saturated heterocycles. The molecule has 2 fully saturated rings. The minimum Gasteiger partial charge on any atom is -0.480 e. The van der Waals surface area contributed by atoms with Crippen molar-refractivity contribution in [3.63, 3.8) is 0 Å². The normalized spacial score (nSPS) is 20.9. The molecular formula is C19H25N3O4. The molecule has 2 aliphatic rings. The summed E-state index contributed by atoms with van der Waals surface area (Å²) in [7, 11) is 0. The summed E-state index contributed by atoms with van der Waals surface area (Å²) in [6.07, 6.45) is 3.95. The summed E-state index contributed by atoms with van der Waals surface area (Å²) >= 11 is 0. The number of hydrogen-bond acceptors (Lipinski definition) is 3. The van der Waals surface area contributed by atoms with Crippen LogP contribution in [0.4, 0.5) is 10.5 Å². The first-order valence-electron chi connectivity index (χ1n) is 9.17. The number of amides is 3. The lowest BCUT2D eigenvalue weighted by Gasteiger charge is -2.32. The van der Waals surface area contributed by atoms with Crippen molar-refractivity contribution in [2.24, 2.45) is 11.8 Å². The molecule has 140 valence electrons. The molecule has 3 rings (SSSR count). The van der Waals surface area contributed by atoms with E-state index in [9.17, 15) is 19.5 Å². The van der Waals surface area contributed by atoms with Gasteiger partial charge < -0.3 is 20.6 Å². The van der Waals surface area contributed by atoms with Crippen LogP contribution in [0.3, 0.4) is 0 Å². The van der Waals surface area contributed by atoms with E-state index in [4.69, 9.17) is 0 Å². The van der Waals surface area contributed by atoms with Gasteiger partial charge in [0.2, 0.25) is 5.91 Å². The molecule has 1 saturated carbocycles. The van der Waals surface area contributed by atoms with Crippen molar-refractivity contribution >= 4 is 23.6 Å². The number of carboxylic acid groups (broad SMARTS) is 1. The van der Waals surface area contributed by atoms with Gasteiger partial charge in [0.1, 0.15) is 6.04 Å². The van der Waals surface area contributed by atoms with Gasteiger partial charge in [-0.1, -0.05) is 31.0 Å². The Hall–Kier alpha value is -2.57. The number of benzene rings is 1. The zero-order chi connectivity index (χ0) is 18.5. The number of hydrogen-bond donors (Lipinski definition) is 3. The van der Waals surface area contributed by atoms with Crippen molar-refractivity contribution in [3.8, 4) is 0 Å². The maximum atomic E-state index is 12.5. The maximum Gasteiger partial charge on any atom is 0.326 e. The van der Waals surface area contributed by atoms with E-state index >= 15 is 0 Å². The van der Waals surface area contributed by atoms with Gasteiger partial charge in [-0.15, -0.1) is 0 Å². The van der Waals surface area contributed by atoms with Crippen LogP contribution in [-0.2, 0) is 9.59 Å². The summed E-state index contributed by atoms with van der Waals surface area (Å²) in [6.45, 7) is 0.896. The van der Waals surface area contributed by atoms with Crippen LogP contribution in [0, 0.1) is 11.8 Å². The second-order valence-electron chi connectivity index (χ2n) is 7.16. The average Bonchev–Trinajstić information content (AvgIpc) is 3.46.